The Kier molecular flexibility index (Phi) is 6.19. The molecule has 6 nitrogen and oxygen atoms in total. The lowest BCUT2D eigenvalue weighted by atomic mass is 9.99. The summed E-state index contributed by atoms with van der Waals surface area (Å²) in [6.45, 7) is 5.63. The van der Waals surface area contributed by atoms with E-state index in [-0.39, 0.29) is 23.3 Å². The number of allylic oxidation sites excluding steroid dienone is 1. The minimum absolute atomic E-state index is 0.107. The lowest BCUT2D eigenvalue weighted by molar-refractivity contribution is -0.139. The third-order valence-electron chi connectivity index (χ3n) is 5.11. The monoisotopic (exact) mass is 478 g/mol. The Morgan fingerprint density at radius 1 is 1.26 bits per heavy atom. The lowest BCUT2D eigenvalue weighted by Crippen LogP contribution is -2.40. The van der Waals surface area contributed by atoms with Crippen molar-refractivity contribution in [3.05, 3.63) is 57.4 Å². The number of rotatable bonds is 5. The molecule has 162 valence electrons. The highest BCUT2D eigenvalue weighted by Crippen LogP contribution is 2.45. The molecule has 1 aromatic carbocycles. The van der Waals surface area contributed by atoms with Gasteiger partial charge in [0.05, 0.1) is 28.1 Å². The van der Waals surface area contributed by atoms with Gasteiger partial charge in [0, 0.05) is 10.6 Å². The first-order chi connectivity index (χ1) is 14.8. The maximum Gasteiger partial charge on any atom is 0.338 e. The van der Waals surface area contributed by atoms with Crippen molar-refractivity contribution in [3.63, 3.8) is 0 Å². The van der Waals surface area contributed by atoms with Gasteiger partial charge in [0.1, 0.15) is 17.6 Å². The van der Waals surface area contributed by atoms with Crippen LogP contribution >= 0.6 is 35.0 Å². The van der Waals surface area contributed by atoms with Gasteiger partial charge in [-0.2, -0.15) is 0 Å². The molecule has 2 aliphatic heterocycles. The molecular formula is C22H20Cl2N2O4S. The van der Waals surface area contributed by atoms with Crippen molar-refractivity contribution in [2.24, 2.45) is 4.99 Å². The van der Waals surface area contributed by atoms with Gasteiger partial charge in [-0.15, -0.1) is 0 Å². The number of nitrogens with zero attached hydrogens (tertiary/aromatic N) is 2. The van der Waals surface area contributed by atoms with E-state index in [9.17, 15) is 9.59 Å². The number of hydrogen-bond donors (Lipinski definition) is 0. The van der Waals surface area contributed by atoms with Gasteiger partial charge < -0.3 is 9.15 Å². The first-order valence-electron chi connectivity index (χ1n) is 9.87. The molecule has 1 amide bonds. The maximum atomic E-state index is 13.1. The number of furan rings is 1. The molecule has 0 saturated carbocycles. The summed E-state index contributed by atoms with van der Waals surface area (Å²) in [5.74, 6) is 0.277. The number of benzene rings is 1. The molecule has 4 rings (SSSR count). The molecule has 2 aliphatic rings. The zero-order chi connectivity index (χ0) is 22.3. The second kappa shape index (κ2) is 8.73. The van der Waals surface area contributed by atoms with Crippen LogP contribution in [0.25, 0.3) is 11.3 Å². The second-order valence-electron chi connectivity index (χ2n) is 7.07. The Bertz CT molecular complexity index is 1120. The molecule has 0 unspecified atom stereocenters. The van der Waals surface area contributed by atoms with E-state index in [0.29, 0.717) is 44.4 Å². The first kappa shape index (κ1) is 22.0. The minimum atomic E-state index is -0.769. The molecular weight excluding hydrogens is 459 g/mol. The van der Waals surface area contributed by atoms with Crippen molar-refractivity contribution in [1.29, 1.82) is 0 Å². The van der Waals surface area contributed by atoms with Gasteiger partial charge in [-0.1, -0.05) is 41.9 Å². The number of esters is 1. The van der Waals surface area contributed by atoms with Gasteiger partial charge in [-0.25, -0.2) is 9.79 Å². The molecule has 1 fully saturated rings. The van der Waals surface area contributed by atoms with Gasteiger partial charge in [-0.3, -0.25) is 9.69 Å². The topological polar surface area (TPSA) is 72.1 Å². The van der Waals surface area contributed by atoms with Crippen LogP contribution < -0.4 is 0 Å². The summed E-state index contributed by atoms with van der Waals surface area (Å²) in [6, 6.07) is 7.81. The predicted octanol–water partition coefficient (Wildman–Crippen LogP) is 5.86. The number of carbonyl (C=O) groups is 2. The summed E-state index contributed by atoms with van der Waals surface area (Å²) in [6.07, 6.45) is 0.654. The quantitative estimate of drug-likeness (QED) is 0.503. The molecule has 1 aromatic heterocycles. The van der Waals surface area contributed by atoms with Crippen LogP contribution in [0.4, 0.5) is 0 Å². The zero-order valence-electron chi connectivity index (χ0n) is 17.1. The van der Waals surface area contributed by atoms with Crippen molar-refractivity contribution in [3.8, 4) is 11.3 Å². The standard InChI is InChI=1S/C22H20Cl2N2O4S/c1-4-17-20(27)26-19(18(21(28)29-5-2)11(3)25-22(26)31-17)16-9-8-15(30-16)13-10-12(23)6-7-14(13)24/h6-10,17,19H,4-5H2,1-3H3/t17-,19-/m0/s1. The summed E-state index contributed by atoms with van der Waals surface area (Å²) >= 11 is 13.9. The SMILES string of the molecule is CCOC(=O)C1=C(C)N=C2S[C@@H](CC)C(=O)N2[C@H]1c1ccc(-c2cc(Cl)ccc2Cl)o1. The smallest absolute Gasteiger partial charge is 0.338 e. The average molecular weight is 479 g/mol. The van der Waals surface area contributed by atoms with Crippen LogP contribution in [0.2, 0.25) is 10.0 Å². The van der Waals surface area contributed by atoms with E-state index in [1.807, 2.05) is 6.92 Å². The van der Waals surface area contributed by atoms with Gasteiger partial charge in [0.2, 0.25) is 5.91 Å². The maximum absolute atomic E-state index is 13.1. The van der Waals surface area contributed by atoms with Gasteiger partial charge in [0.15, 0.2) is 5.17 Å². The highest BCUT2D eigenvalue weighted by atomic mass is 35.5. The van der Waals surface area contributed by atoms with Crippen molar-refractivity contribution < 1.29 is 18.7 Å². The van der Waals surface area contributed by atoms with Gasteiger partial charge in [0.25, 0.3) is 0 Å². The third kappa shape index (κ3) is 3.90. The summed E-state index contributed by atoms with van der Waals surface area (Å²) in [7, 11) is 0. The van der Waals surface area contributed by atoms with E-state index in [0.717, 1.165) is 0 Å². The fourth-order valence-electron chi connectivity index (χ4n) is 3.66. The Morgan fingerprint density at radius 3 is 2.74 bits per heavy atom. The Morgan fingerprint density at radius 2 is 2.03 bits per heavy atom. The van der Waals surface area contributed by atoms with Crippen LogP contribution in [0.15, 0.2) is 51.0 Å². The fraction of sp³-hybridized carbons (Fsp3) is 0.318. The number of amides is 1. The molecule has 3 heterocycles. The molecule has 2 aromatic rings. The third-order valence-corrected chi connectivity index (χ3v) is 6.99. The molecule has 9 heteroatoms. The number of carbonyl (C=O) groups excluding carboxylic acids is 2. The lowest BCUT2D eigenvalue weighted by Gasteiger charge is -2.31. The van der Waals surface area contributed by atoms with Crippen LogP contribution in [0.3, 0.4) is 0 Å². The van der Waals surface area contributed by atoms with Crippen molar-refractivity contribution in [1.82, 2.24) is 4.90 Å². The normalized spacial score (nSPS) is 20.7. The number of halogens is 2. The highest BCUT2D eigenvalue weighted by Gasteiger charge is 2.48. The van der Waals surface area contributed by atoms with E-state index < -0.39 is 12.0 Å². The summed E-state index contributed by atoms with van der Waals surface area (Å²) in [5, 5.41) is 1.30. The van der Waals surface area contributed by atoms with E-state index >= 15 is 0 Å². The summed E-state index contributed by atoms with van der Waals surface area (Å²) < 4.78 is 11.4. The first-order valence-corrected chi connectivity index (χ1v) is 11.5. The predicted molar refractivity (Wildman–Crippen MR) is 122 cm³/mol. The Labute approximate surface area is 194 Å². The number of fused-ring (bicyclic) bond motifs is 1. The second-order valence-corrected chi connectivity index (χ2v) is 9.08. The van der Waals surface area contributed by atoms with Crippen LogP contribution in [0.5, 0.6) is 0 Å². The van der Waals surface area contributed by atoms with E-state index in [1.165, 1.54) is 11.8 Å². The van der Waals surface area contributed by atoms with Crippen LogP contribution in [-0.2, 0) is 14.3 Å². The molecule has 0 N–H and O–H groups in total. The van der Waals surface area contributed by atoms with Crippen LogP contribution in [0, 0.1) is 0 Å². The molecule has 0 radical (unpaired) electrons. The largest absolute Gasteiger partial charge is 0.463 e. The summed E-state index contributed by atoms with van der Waals surface area (Å²) in [5.41, 5.74) is 1.41. The van der Waals surface area contributed by atoms with Crippen LogP contribution in [0.1, 0.15) is 39.0 Å². The average Bonchev–Trinajstić information content (AvgIpc) is 3.33. The molecule has 0 aliphatic carbocycles. The number of thioether (sulfide) groups is 1. The van der Waals surface area contributed by atoms with E-state index in [1.54, 1.807) is 49.1 Å². The number of ether oxygens (including phenoxy) is 1. The number of aliphatic imine (C=N–C) groups is 1. The highest BCUT2D eigenvalue weighted by molar-refractivity contribution is 8.15. The molecule has 31 heavy (non-hydrogen) atoms. The minimum Gasteiger partial charge on any atom is -0.463 e. The molecule has 0 spiro atoms. The van der Waals surface area contributed by atoms with Crippen molar-refractivity contribution >= 4 is 52.0 Å². The Balaban J connectivity index is 1.82. The van der Waals surface area contributed by atoms with Crippen molar-refractivity contribution in [2.75, 3.05) is 6.61 Å². The van der Waals surface area contributed by atoms with Crippen molar-refractivity contribution in [2.45, 2.75) is 38.5 Å². The molecule has 0 bridgehead atoms. The van der Waals surface area contributed by atoms with Crippen LogP contribution in [-0.4, -0.2) is 33.8 Å². The Hall–Kier alpha value is -2.22. The van der Waals surface area contributed by atoms with Gasteiger partial charge in [-0.05, 0) is 50.6 Å². The number of hydrogen-bond acceptors (Lipinski definition) is 6. The van der Waals surface area contributed by atoms with E-state index in [2.05, 4.69) is 4.99 Å². The number of amidine groups is 1. The van der Waals surface area contributed by atoms with Gasteiger partial charge >= 0.3 is 5.97 Å². The zero-order valence-corrected chi connectivity index (χ0v) is 19.5. The molecule has 2 atom stereocenters. The fourth-order valence-corrected chi connectivity index (χ4v) is 5.18. The molecule has 1 saturated heterocycles. The summed E-state index contributed by atoms with van der Waals surface area (Å²) in [4.78, 5) is 32.0. The van der Waals surface area contributed by atoms with E-state index in [4.69, 9.17) is 32.4 Å².